The number of aryl methyl sites for hydroxylation is 1. The Kier molecular flexibility index (Phi) is 5.02. The van der Waals surface area contributed by atoms with Gasteiger partial charge >= 0.3 is 0 Å². The van der Waals surface area contributed by atoms with Crippen LogP contribution in [0, 0.1) is 6.92 Å². The van der Waals surface area contributed by atoms with E-state index in [0.717, 1.165) is 44.4 Å². The Hall–Kier alpha value is -2.21. The summed E-state index contributed by atoms with van der Waals surface area (Å²) in [5, 5.41) is 0. The molecule has 122 valence electrons. The molecule has 0 N–H and O–H groups in total. The fourth-order valence-electron chi connectivity index (χ4n) is 2.71. The molecule has 0 bridgehead atoms. The molecule has 0 radical (unpaired) electrons. The topological polar surface area (TPSA) is 54.4 Å². The van der Waals surface area contributed by atoms with Gasteiger partial charge in [-0.2, -0.15) is 4.98 Å². The summed E-state index contributed by atoms with van der Waals surface area (Å²) in [7, 11) is 0. The maximum atomic E-state index is 5.45. The van der Waals surface area contributed by atoms with Crippen LogP contribution in [0.3, 0.4) is 0 Å². The molecule has 23 heavy (non-hydrogen) atoms. The minimum atomic E-state index is 0.619. The van der Waals surface area contributed by atoms with Crippen LogP contribution in [0.2, 0.25) is 0 Å². The maximum absolute atomic E-state index is 5.45. The molecule has 0 amide bonds. The first kappa shape index (κ1) is 15.7. The van der Waals surface area contributed by atoms with Crippen molar-refractivity contribution in [2.75, 3.05) is 37.7 Å². The summed E-state index contributed by atoms with van der Waals surface area (Å²) in [4.78, 5) is 18.0. The van der Waals surface area contributed by atoms with E-state index in [1.54, 1.807) is 12.3 Å². The number of pyridine rings is 1. The van der Waals surface area contributed by atoms with Gasteiger partial charge in [-0.15, -0.1) is 0 Å². The van der Waals surface area contributed by atoms with Gasteiger partial charge in [-0.1, -0.05) is 6.07 Å². The Balaban J connectivity index is 1.58. The zero-order valence-corrected chi connectivity index (χ0v) is 13.8. The van der Waals surface area contributed by atoms with Crippen LogP contribution >= 0.6 is 0 Å². The standard InChI is InChI=1S/C17H23N5O/c1-3-23-16-6-8-19-17(20-16)22-11-9-21(10-12-22)13-15-14(2)5-4-7-18-15/h4-8H,3,9-13H2,1-2H3. The van der Waals surface area contributed by atoms with E-state index in [2.05, 4.69) is 37.7 Å². The Labute approximate surface area is 137 Å². The van der Waals surface area contributed by atoms with Crippen molar-refractivity contribution in [3.05, 3.63) is 41.9 Å². The van der Waals surface area contributed by atoms with E-state index < -0.39 is 0 Å². The molecule has 0 atom stereocenters. The lowest BCUT2D eigenvalue weighted by Gasteiger charge is -2.34. The normalized spacial score (nSPS) is 15.7. The number of nitrogens with zero attached hydrogens (tertiary/aromatic N) is 5. The molecule has 0 spiro atoms. The number of rotatable bonds is 5. The van der Waals surface area contributed by atoms with Gasteiger partial charge in [0.1, 0.15) is 0 Å². The van der Waals surface area contributed by atoms with E-state index in [1.807, 2.05) is 19.2 Å². The van der Waals surface area contributed by atoms with Crippen LogP contribution in [-0.2, 0) is 6.54 Å². The molecule has 1 aliphatic rings. The molecule has 1 saturated heterocycles. The van der Waals surface area contributed by atoms with Crippen LogP contribution in [0.25, 0.3) is 0 Å². The molecule has 0 aliphatic carbocycles. The van der Waals surface area contributed by atoms with Gasteiger partial charge in [-0.05, 0) is 25.5 Å². The first-order valence-corrected chi connectivity index (χ1v) is 8.10. The zero-order valence-electron chi connectivity index (χ0n) is 13.8. The maximum Gasteiger partial charge on any atom is 0.228 e. The zero-order chi connectivity index (χ0) is 16.1. The fraction of sp³-hybridized carbons (Fsp3) is 0.471. The number of hydrogen-bond donors (Lipinski definition) is 0. The van der Waals surface area contributed by atoms with Gasteiger partial charge in [0.05, 0.1) is 12.3 Å². The summed E-state index contributed by atoms with van der Waals surface area (Å²) in [6.07, 6.45) is 3.63. The highest BCUT2D eigenvalue weighted by Gasteiger charge is 2.20. The summed E-state index contributed by atoms with van der Waals surface area (Å²) in [5.74, 6) is 1.40. The Bertz CT molecular complexity index is 640. The van der Waals surface area contributed by atoms with Crippen molar-refractivity contribution >= 4 is 5.95 Å². The first-order chi connectivity index (χ1) is 11.3. The highest BCUT2D eigenvalue weighted by atomic mass is 16.5. The van der Waals surface area contributed by atoms with Crippen molar-refractivity contribution < 1.29 is 4.74 Å². The second kappa shape index (κ2) is 7.37. The molecule has 3 heterocycles. The van der Waals surface area contributed by atoms with Crippen LogP contribution in [-0.4, -0.2) is 52.6 Å². The largest absolute Gasteiger partial charge is 0.478 e. The van der Waals surface area contributed by atoms with Crippen LogP contribution in [0.15, 0.2) is 30.6 Å². The van der Waals surface area contributed by atoms with Crippen LogP contribution in [0.5, 0.6) is 5.88 Å². The molecule has 0 saturated carbocycles. The lowest BCUT2D eigenvalue weighted by Crippen LogP contribution is -2.46. The Morgan fingerprint density at radius 3 is 2.65 bits per heavy atom. The first-order valence-electron chi connectivity index (χ1n) is 8.10. The third-order valence-corrected chi connectivity index (χ3v) is 4.06. The van der Waals surface area contributed by atoms with Gasteiger partial charge < -0.3 is 9.64 Å². The van der Waals surface area contributed by atoms with Gasteiger partial charge in [-0.25, -0.2) is 4.98 Å². The molecule has 1 fully saturated rings. The predicted molar refractivity (Wildman–Crippen MR) is 89.7 cm³/mol. The third kappa shape index (κ3) is 3.96. The molecule has 3 rings (SSSR count). The van der Waals surface area contributed by atoms with E-state index in [0.29, 0.717) is 12.5 Å². The van der Waals surface area contributed by atoms with Crippen molar-refractivity contribution in [2.24, 2.45) is 0 Å². The van der Waals surface area contributed by atoms with Crippen molar-refractivity contribution in [1.82, 2.24) is 19.9 Å². The molecule has 0 aromatic carbocycles. The fourth-order valence-corrected chi connectivity index (χ4v) is 2.71. The average Bonchev–Trinajstić information content (AvgIpc) is 2.58. The van der Waals surface area contributed by atoms with Crippen LogP contribution in [0.4, 0.5) is 5.95 Å². The lowest BCUT2D eigenvalue weighted by molar-refractivity contribution is 0.245. The van der Waals surface area contributed by atoms with Crippen LogP contribution < -0.4 is 9.64 Å². The molecule has 6 heteroatoms. The van der Waals surface area contributed by atoms with Crippen molar-refractivity contribution in [3.63, 3.8) is 0 Å². The van der Waals surface area contributed by atoms with Gasteiger partial charge in [0.15, 0.2) is 0 Å². The van der Waals surface area contributed by atoms with Gasteiger partial charge in [0.2, 0.25) is 11.8 Å². The lowest BCUT2D eigenvalue weighted by atomic mass is 10.2. The molecule has 2 aromatic rings. The number of ether oxygens (including phenoxy) is 1. The van der Waals surface area contributed by atoms with Gasteiger partial charge in [-0.3, -0.25) is 9.88 Å². The highest BCUT2D eigenvalue weighted by Crippen LogP contribution is 2.16. The van der Waals surface area contributed by atoms with E-state index in [4.69, 9.17) is 4.74 Å². The summed E-state index contributed by atoms with van der Waals surface area (Å²) in [5.41, 5.74) is 2.42. The van der Waals surface area contributed by atoms with Crippen molar-refractivity contribution in [1.29, 1.82) is 0 Å². The van der Waals surface area contributed by atoms with Crippen molar-refractivity contribution in [3.8, 4) is 5.88 Å². The van der Waals surface area contributed by atoms with Gasteiger partial charge in [0, 0.05) is 51.2 Å². The van der Waals surface area contributed by atoms with E-state index in [-0.39, 0.29) is 0 Å². The average molecular weight is 313 g/mol. The minimum absolute atomic E-state index is 0.619. The molecular formula is C17H23N5O. The molecule has 1 aliphatic heterocycles. The second-order valence-corrected chi connectivity index (χ2v) is 5.66. The molecule has 2 aromatic heterocycles. The predicted octanol–water partition coefficient (Wildman–Crippen LogP) is 1.90. The SMILES string of the molecule is CCOc1ccnc(N2CCN(Cc3ncccc3C)CC2)n1. The molecule has 6 nitrogen and oxygen atoms in total. The third-order valence-electron chi connectivity index (χ3n) is 4.06. The number of aromatic nitrogens is 3. The highest BCUT2D eigenvalue weighted by molar-refractivity contribution is 5.32. The van der Waals surface area contributed by atoms with Gasteiger partial charge in [0.25, 0.3) is 0 Å². The molecular weight excluding hydrogens is 290 g/mol. The summed E-state index contributed by atoms with van der Waals surface area (Å²) in [6, 6.07) is 5.90. The summed E-state index contributed by atoms with van der Waals surface area (Å²) >= 11 is 0. The van der Waals surface area contributed by atoms with E-state index in [9.17, 15) is 0 Å². The number of anilines is 1. The molecule has 0 unspecified atom stereocenters. The van der Waals surface area contributed by atoms with Crippen molar-refractivity contribution in [2.45, 2.75) is 20.4 Å². The second-order valence-electron chi connectivity index (χ2n) is 5.66. The monoisotopic (exact) mass is 313 g/mol. The minimum Gasteiger partial charge on any atom is -0.478 e. The smallest absolute Gasteiger partial charge is 0.228 e. The number of piperazine rings is 1. The summed E-state index contributed by atoms with van der Waals surface area (Å²) in [6.45, 7) is 9.40. The summed E-state index contributed by atoms with van der Waals surface area (Å²) < 4.78 is 5.45. The number of hydrogen-bond acceptors (Lipinski definition) is 6. The van der Waals surface area contributed by atoms with E-state index >= 15 is 0 Å². The van der Waals surface area contributed by atoms with Crippen LogP contribution in [0.1, 0.15) is 18.2 Å². The Morgan fingerprint density at radius 1 is 1.09 bits per heavy atom. The quantitative estimate of drug-likeness (QED) is 0.840. The Morgan fingerprint density at radius 2 is 1.91 bits per heavy atom. The van der Waals surface area contributed by atoms with E-state index in [1.165, 1.54) is 5.56 Å².